The fourth-order valence-corrected chi connectivity index (χ4v) is 5.96. The second-order valence-electron chi connectivity index (χ2n) is 10.4. The molecule has 0 bridgehead atoms. The van der Waals surface area contributed by atoms with E-state index in [0.29, 0.717) is 19.1 Å². The van der Waals surface area contributed by atoms with Gasteiger partial charge in [-0.25, -0.2) is 9.97 Å². The van der Waals surface area contributed by atoms with Gasteiger partial charge in [0.25, 0.3) is 0 Å². The Morgan fingerprint density at radius 3 is 2.78 bits per heavy atom. The molecule has 1 saturated heterocycles. The predicted octanol–water partition coefficient (Wildman–Crippen LogP) is 4.03. The molecule has 1 amide bonds. The van der Waals surface area contributed by atoms with Gasteiger partial charge in [0, 0.05) is 36.2 Å². The second-order valence-corrected chi connectivity index (χ2v) is 10.4. The van der Waals surface area contributed by atoms with Crippen molar-refractivity contribution in [3.63, 3.8) is 0 Å². The number of benzene rings is 2. The van der Waals surface area contributed by atoms with E-state index < -0.39 is 0 Å². The third-order valence-electron chi connectivity index (χ3n) is 7.97. The minimum Gasteiger partial charge on any atom is -0.491 e. The fraction of sp³-hybridized carbons (Fsp3) is 0.414. The van der Waals surface area contributed by atoms with Crippen molar-refractivity contribution in [3.05, 3.63) is 83.2 Å². The van der Waals surface area contributed by atoms with E-state index in [1.165, 1.54) is 5.56 Å². The van der Waals surface area contributed by atoms with Crippen molar-refractivity contribution in [1.29, 1.82) is 0 Å². The predicted molar refractivity (Wildman–Crippen MR) is 139 cm³/mol. The molecule has 3 aliphatic heterocycles. The summed E-state index contributed by atoms with van der Waals surface area (Å²) in [6.07, 6.45) is 3.58. The van der Waals surface area contributed by atoms with Crippen LogP contribution in [0, 0.1) is 5.92 Å². The van der Waals surface area contributed by atoms with E-state index in [-0.39, 0.29) is 29.8 Å². The van der Waals surface area contributed by atoms with Gasteiger partial charge in [0.15, 0.2) is 0 Å². The molecule has 7 nitrogen and oxygen atoms in total. The summed E-state index contributed by atoms with van der Waals surface area (Å²) < 4.78 is 5.81. The lowest BCUT2D eigenvalue weighted by molar-refractivity contribution is -0.141. The van der Waals surface area contributed by atoms with Crippen molar-refractivity contribution in [3.8, 4) is 5.75 Å². The topological polar surface area (TPSA) is 70.6 Å². The van der Waals surface area contributed by atoms with Crippen molar-refractivity contribution in [2.24, 2.45) is 5.92 Å². The molecule has 2 aromatic carbocycles. The molecule has 186 valence electrons. The Labute approximate surface area is 212 Å². The van der Waals surface area contributed by atoms with Crippen LogP contribution in [-0.2, 0) is 17.8 Å². The van der Waals surface area contributed by atoms with Crippen molar-refractivity contribution in [2.75, 3.05) is 32.1 Å². The molecule has 0 saturated carbocycles. The van der Waals surface area contributed by atoms with E-state index in [1.807, 2.05) is 30.5 Å². The summed E-state index contributed by atoms with van der Waals surface area (Å²) in [5, 5.41) is 3.44. The number of likely N-dealkylation sites (N-methyl/N-ethyl adjacent to an activating group) is 1. The molecule has 4 heterocycles. The molecule has 1 fully saturated rings. The number of nitrogens with zero attached hydrogens (tertiary/aromatic N) is 4. The van der Waals surface area contributed by atoms with E-state index in [9.17, 15) is 4.79 Å². The van der Waals surface area contributed by atoms with Crippen molar-refractivity contribution < 1.29 is 9.53 Å². The zero-order valence-electron chi connectivity index (χ0n) is 20.9. The fourth-order valence-electron chi connectivity index (χ4n) is 5.96. The first kappa shape index (κ1) is 23.0. The number of fused-ring (bicyclic) bond motifs is 2. The molecule has 4 atom stereocenters. The van der Waals surface area contributed by atoms with Gasteiger partial charge in [0.2, 0.25) is 11.9 Å². The lowest BCUT2D eigenvalue weighted by Crippen LogP contribution is -2.50. The molecule has 0 unspecified atom stereocenters. The van der Waals surface area contributed by atoms with Crippen molar-refractivity contribution in [1.82, 2.24) is 19.8 Å². The van der Waals surface area contributed by atoms with Crippen molar-refractivity contribution in [2.45, 2.75) is 44.3 Å². The SMILES string of the molecule is C[C@@H]1Cc2cnc(N[C@H]3COc4ccccc43)nc2CN1C(=O)[C@H]1CCN(C)C[C@@H]1c1ccccc1. The number of para-hydroxylation sites is 1. The summed E-state index contributed by atoms with van der Waals surface area (Å²) in [6.45, 7) is 5.07. The minimum atomic E-state index is -0.0147. The normalized spacial score (nSPS) is 25.6. The number of carbonyl (C=O) groups is 1. The van der Waals surface area contributed by atoms with Crippen molar-refractivity contribution >= 4 is 11.9 Å². The summed E-state index contributed by atoms with van der Waals surface area (Å²) in [6, 6.07) is 18.7. The van der Waals surface area contributed by atoms with E-state index in [1.54, 1.807) is 0 Å². The van der Waals surface area contributed by atoms with E-state index in [0.717, 1.165) is 48.5 Å². The smallest absolute Gasteiger partial charge is 0.227 e. The number of rotatable bonds is 4. The number of carbonyl (C=O) groups excluding carboxylic acids is 1. The Kier molecular flexibility index (Phi) is 6.09. The molecule has 0 spiro atoms. The number of piperidine rings is 1. The molecule has 1 N–H and O–H groups in total. The van der Waals surface area contributed by atoms with Crippen LogP contribution in [0.4, 0.5) is 5.95 Å². The molecular weight excluding hydrogens is 450 g/mol. The van der Waals surface area contributed by atoms with Gasteiger partial charge in [-0.1, -0.05) is 48.5 Å². The van der Waals surface area contributed by atoms with Gasteiger partial charge in [0.1, 0.15) is 12.4 Å². The molecule has 0 radical (unpaired) electrons. The monoisotopic (exact) mass is 483 g/mol. The number of aromatic nitrogens is 2. The number of likely N-dealkylation sites (tertiary alicyclic amines) is 1. The van der Waals surface area contributed by atoms with E-state index in [4.69, 9.17) is 9.72 Å². The van der Waals surface area contributed by atoms with Crippen LogP contribution >= 0.6 is 0 Å². The molecule has 36 heavy (non-hydrogen) atoms. The quantitative estimate of drug-likeness (QED) is 0.604. The molecule has 3 aliphatic rings. The average molecular weight is 484 g/mol. The van der Waals surface area contributed by atoms with Gasteiger partial charge in [-0.15, -0.1) is 0 Å². The summed E-state index contributed by atoms with van der Waals surface area (Å²) in [5.74, 6) is 1.93. The van der Waals surface area contributed by atoms with Crippen LogP contribution in [0.1, 0.15) is 47.7 Å². The summed E-state index contributed by atoms with van der Waals surface area (Å²) in [5.41, 5.74) is 4.44. The largest absolute Gasteiger partial charge is 0.491 e. The third-order valence-corrected chi connectivity index (χ3v) is 7.97. The minimum absolute atomic E-state index is 0.0147. The highest BCUT2D eigenvalue weighted by molar-refractivity contribution is 5.81. The van der Waals surface area contributed by atoms with Crippen LogP contribution < -0.4 is 10.1 Å². The number of ether oxygens (including phenoxy) is 1. The zero-order chi connectivity index (χ0) is 24.6. The Morgan fingerprint density at radius 1 is 1.11 bits per heavy atom. The number of anilines is 1. The maximum Gasteiger partial charge on any atom is 0.227 e. The van der Waals surface area contributed by atoms with Gasteiger partial charge in [-0.05, 0) is 50.6 Å². The third kappa shape index (κ3) is 4.32. The number of amides is 1. The molecule has 3 aromatic rings. The van der Waals surface area contributed by atoms with Gasteiger partial charge in [-0.3, -0.25) is 4.79 Å². The highest BCUT2D eigenvalue weighted by atomic mass is 16.5. The maximum absolute atomic E-state index is 14.0. The lowest BCUT2D eigenvalue weighted by atomic mass is 9.79. The second kappa shape index (κ2) is 9.54. The molecule has 0 aliphatic carbocycles. The Hall–Kier alpha value is -3.45. The Balaban J connectivity index is 1.22. The first-order valence-electron chi connectivity index (χ1n) is 12.9. The highest BCUT2D eigenvalue weighted by Gasteiger charge is 2.39. The Bertz CT molecular complexity index is 1250. The van der Waals surface area contributed by atoms with Crippen LogP contribution in [0.2, 0.25) is 0 Å². The van der Waals surface area contributed by atoms with E-state index in [2.05, 4.69) is 64.4 Å². The van der Waals surface area contributed by atoms with Crippen LogP contribution in [0.25, 0.3) is 0 Å². The molecular formula is C29H33N5O2. The summed E-state index contributed by atoms with van der Waals surface area (Å²) in [4.78, 5) is 27.9. The van der Waals surface area contributed by atoms with Crippen LogP contribution in [0.15, 0.2) is 60.8 Å². The number of hydrogen-bond acceptors (Lipinski definition) is 6. The zero-order valence-corrected chi connectivity index (χ0v) is 20.9. The van der Waals surface area contributed by atoms with Gasteiger partial charge in [-0.2, -0.15) is 0 Å². The number of hydrogen-bond donors (Lipinski definition) is 1. The Morgan fingerprint density at radius 2 is 1.92 bits per heavy atom. The van der Waals surface area contributed by atoms with Crippen LogP contribution in [-0.4, -0.2) is 58.5 Å². The molecule has 7 heteroatoms. The molecule has 1 aromatic heterocycles. The highest BCUT2D eigenvalue weighted by Crippen LogP contribution is 2.36. The molecule has 6 rings (SSSR count). The van der Waals surface area contributed by atoms with Gasteiger partial charge >= 0.3 is 0 Å². The number of nitrogens with one attached hydrogen (secondary N) is 1. The van der Waals surface area contributed by atoms with Crippen LogP contribution in [0.3, 0.4) is 0 Å². The van der Waals surface area contributed by atoms with Gasteiger partial charge < -0.3 is 19.9 Å². The average Bonchev–Trinajstić information content (AvgIpc) is 3.31. The summed E-state index contributed by atoms with van der Waals surface area (Å²) in [7, 11) is 2.15. The first-order chi connectivity index (χ1) is 17.6. The maximum atomic E-state index is 14.0. The standard InChI is InChI=1S/C29H33N5O2/c1-19-14-21-15-30-29(32-26-18-36-27-11-7-6-10-23(26)27)31-25(21)17-34(19)28(35)22-12-13-33(2)16-24(22)20-8-4-3-5-9-20/h3-11,15,19,22,24,26H,12-14,16-18H2,1-2H3,(H,30,31,32)/t19-,22+,24-,26+/m1/s1. The van der Waals surface area contributed by atoms with Gasteiger partial charge in [0.05, 0.1) is 18.3 Å². The van der Waals surface area contributed by atoms with Crippen LogP contribution in [0.5, 0.6) is 5.75 Å². The van der Waals surface area contributed by atoms with E-state index >= 15 is 0 Å². The summed E-state index contributed by atoms with van der Waals surface area (Å²) >= 11 is 0. The first-order valence-corrected chi connectivity index (χ1v) is 12.9. The lowest BCUT2D eigenvalue weighted by Gasteiger charge is -2.42.